The number of nitrogens with zero attached hydrogens (tertiary/aromatic N) is 2. The summed E-state index contributed by atoms with van der Waals surface area (Å²) in [5, 5.41) is 7.38. The van der Waals surface area contributed by atoms with Crippen LogP contribution in [-0.2, 0) is 9.53 Å². The normalized spacial score (nSPS) is 18.2. The van der Waals surface area contributed by atoms with Gasteiger partial charge in [0.1, 0.15) is 6.54 Å². The van der Waals surface area contributed by atoms with Crippen molar-refractivity contribution in [3.05, 3.63) is 34.9 Å². The van der Waals surface area contributed by atoms with Crippen molar-refractivity contribution in [2.45, 2.75) is 38.3 Å². The fourth-order valence-electron chi connectivity index (χ4n) is 2.66. The van der Waals surface area contributed by atoms with Gasteiger partial charge in [0.05, 0.1) is 12.1 Å². The Balaban J connectivity index is 0.00000364. The summed E-state index contributed by atoms with van der Waals surface area (Å²) in [7, 11) is 3.45. The van der Waals surface area contributed by atoms with E-state index in [0.717, 1.165) is 25.0 Å². The van der Waals surface area contributed by atoms with Crippen LogP contribution in [0.1, 0.15) is 37.8 Å². The first-order valence-electron chi connectivity index (χ1n) is 9.08. The second-order valence-electron chi connectivity index (χ2n) is 6.74. The summed E-state index contributed by atoms with van der Waals surface area (Å²) in [6.45, 7) is 3.63. The maximum atomic E-state index is 11.9. The van der Waals surface area contributed by atoms with E-state index >= 15 is 0 Å². The molecule has 2 atom stereocenters. The zero-order valence-corrected chi connectivity index (χ0v) is 19.3. The van der Waals surface area contributed by atoms with Crippen LogP contribution in [0, 0.1) is 0 Å². The molecular formula is C19H30ClIN4O2. The van der Waals surface area contributed by atoms with Crippen molar-refractivity contribution in [3.8, 4) is 0 Å². The van der Waals surface area contributed by atoms with Gasteiger partial charge >= 0.3 is 0 Å². The maximum absolute atomic E-state index is 11.9. The maximum Gasteiger partial charge on any atom is 0.243 e. The molecule has 2 unspecified atom stereocenters. The first-order valence-corrected chi connectivity index (χ1v) is 9.45. The van der Waals surface area contributed by atoms with Gasteiger partial charge in [-0.05, 0) is 43.9 Å². The SMILES string of the molecule is CC(NC(=NCC(=O)N(C)C)NCC1CCCCO1)c1ccc(Cl)cc1.I. The van der Waals surface area contributed by atoms with Crippen LogP contribution in [0.2, 0.25) is 5.02 Å². The largest absolute Gasteiger partial charge is 0.376 e. The van der Waals surface area contributed by atoms with E-state index in [9.17, 15) is 4.79 Å². The number of carbonyl (C=O) groups is 1. The van der Waals surface area contributed by atoms with E-state index in [0.29, 0.717) is 17.5 Å². The van der Waals surface area contributed by atoms with Gasteiger partial charge in [-0.25, -0.2) is 4.99 Å². The first-order chi connectivity index (χ1) is 12.5. The smallest absolute Gasteiger partial charge is 0.243 e. The minimum atomic E-state index is -0.0424. The number of hydrogen-bond acceptors (Lipinski definition) is 3. The number of benzene rings is 1. The molecule has 0 spiro atoms. The van der Waals surface area contributed by atoms with Crippen LogP contribution in [0.15, 0.2) is 29.3 Å². The van der Waals surface area contributed by atoms with Crippen molar-refractivity contribution >= 4 is 47.4 Å². The Morgan fingerprint density at radius 3 is 2.63 bits per heavy atom. The molecule has 1 aromatic carbocycles. The number of likely N-dealkylation sites (N-methyl/N-ethyl adjacent to an activating group) is 1. The summed E-state index contributed by atoms with van der Waals surface area (Å²) in [6.07, 6.45) is 3.54. The molecule has 1 aliphatic heterocycles. The average Bonchev–Trinajstić information content (AvgIpc) is 2.64. The van der Waals surface area contributed by atoms with E-state index in [1.54, 1.807) is 14.1 Å². The molecule has 0 saturated carbocycles. The third-order valence-electron chi connectivity index (χ3n) is 4.37. The minimum Gasteiger partial charge on any atom is -0.376 e. The molecule has 1 heterocycles. The lowest BCUT2D eigenvalue weighted by Crippen LogP contribution is -2.44. The lowest BCUT2D eigenvalue weighted by Gasteiger charge is -2.25. The van der Waals surface area contributed by atoms with Gasteiger partial charge in [-0.1, -0.05) is 23.7 Å². The van der Waals surface area contributed by atoms with Crippen molar-refractivity contribution < 1.29 is 9.53 Å². The third-order valence-corrected chi connectivity index (χ3v) is 4.62. The van der Waals surface area contributed by atoms with Crippen LogP contribution in [0.4, 0.5) is 0 Å². The number of carbonyl (C=O) groups excluding carboxylic acids is 1. The lowest BCUT2D eigenvalue weighted by atomic mass is 10.1. The predicted molar refractivity (Wildman–Crippen MR) is 121 cm³/mol. The standard InChI is InChI=1S/C19H29ClN4O2.HI/c1-14(15-7-9-16(20)10-8-15)23-19(22-13-18(25)24(2)3)21-12-17-6-4-5-11-26-17;/h7-10,14,17H,4-6,11-13H2,1-3H3,(H2,21,22,23);1H. The Morgan fingerprint density at radius 2 is 2.04 bits per heavy atom. The van der Waals surface area contributed by atoms with Crippen LogP contribution >= 0.6 is 35.6 Å². The highest BCUT2D eigenvalue weighted by atomic mass is 127. The third kappa shape index (κ3) is 8.66. The highest BCUT2D eigenvalue weighted by Crippen LogP contribution is 2.16. The molecule has 1 fully saturated rings. The summed E-state index contributed by atoms with van der Waals surface area (Å²) in [5.74, 6) is 0.566. The van der Waals surface area contributed by atoms with Gasteiger partial charge in [0.2, 0.25) is 5.91 Å². The zero-order valence-electron chi connectivity index (χ0n) is 16.2. The molecular weight excluding hydrogens is 479 g/mol. The molecule has 1 amide bonds. The molecule has 27 heavy (non-hydrogen) atoms. The first kappa shape index (κ1) is 24.0. The summed E-state index contributed by atoms with van der Waals surface area (Å²) in [6, 6.07) is 7.72. The van der Waals surface area contributed by atoms with Gasteiger partial charge in [0.25, 0.3) is 0 Å². The van der Waals surface area contributed by atoms with Crippen molar-refractivity contribution in [3.63, 3.8) is 0 Å². The number of aliphatic imine (C=N–C) groups is 1. The zero-order chi connectivity index (χ0) is 18.9. The van der Waals surface area contributed by atoms with Crippen LogP contribution in [0.25, 0.3) is 0 Å². The molecule has 0 aliphatic carbocycles. The van der Waals surface area contributed by atoms with Gasteiger partial charge in [-0.15, -0.1) is 24.0 Å². The second kappa shape index (κ2) is 12.4. The van der Waals surface area contributed by atoms with Crippen LogP contribution in [0.3, 0.4) is 0 Å². The molecule has 1 aliphatic rings. The fourth-order valence-corrected chi connectivity index (χ4v) is 2.79. The van der Waals surface area contributed by atoms with Gasteiger partial charge in [-0.2, -0.15) is 0 Å². The minimum absolute atomic E-state index is 0. The number of guanidine groups is 1. The van der Waals surface area contributed by atoms with Crippen molar-refractivity contribution in [1.29, 1.82) is 0 Å². The number of nitrogens with one attached hydrogen (secondary N) is 2. The van der Waals surface area contributed by atoms with Gasteiger partial charge in [-0.3, -0.25) is 4.79 Å². The predicted octanol–water partition coefficient (Wildman–Crippen LogP) is 3.21. The molecule has 1 saturated heterocycles. The number of rotatable bonds is 6. The van der Waals surface area contributed by atoms with Crippen LogP contribution in [0.5, 0.6) is 0 Å². The van der Waals surface area contributed by atoms with E-state index in [-0.39, 0.29) is 48.6 Å². The van der Waals surface area contributed by atoms with Crippen molar-refractivity contribution in [1.82, 2.24) is 15.5 Å². The quantitative estimate of drug-likeness (QED) is 0.352. The molecule has 6 nitrogen and oxygen atoms in total. The highest BCUT2D eigenvalue weighted by molar-refractivity contribution is 14.0. The summed E-state index contributed by atoms with van der Waals surface area (Å²) >= 11 is 5.96. The Kier molecular flexibility index (Phi) is 11.0. The van der Waals surface area contributed by atoms with E-state index in [1.165, 1.54) is 11.3 Å². The highest BCUT2D eigenvalue weighted by Gasteiger charge is 2.15. The molecule has 2 rings (SSSR count). The Morgan fingerprint density at radius 1 is 1.33 bits per heavy atom. The van der Waals surface area contributed by atoms with E-state index in [1.807, 2.05) is 31.2 Å². The second-order valence-corrected chi connectivity index (χ2v) is 7.18. The lowest BCUT2D eigenvalue weighted by molar-refractivity contribution is -0.127. The fraction of sp³-hybridized carbons (Fsp3) is 0.579. The molecule has 152 valence electrons. The summed E-state index contributed by atoms with van der Waals surface area (Å²) in [4.78, 5) is 17.8. The number of hydrogen-bond donors (Lipinski definition) is 2. The Bertz CT molecular complexity index is 604. The average molecular weight is 509 g/mol. The topological polar surface area (TPSA) is 66.0 Å². The summed E-state index contributed by atoms with van der Waals surface area (Å²) in [5.41, 5.74) is 1.09. The van der Waals surface area contributed by atoms with Crippen LogP contribution in [-0.4, -0.2) is 56.7 Å². The molecule has 0 aromatic heterocycles. The number of halogens is 2. The van der Waals surface area contributed by atoms with Crippen LogP contribution < -0.4 is 10.6 Å². The molecule has 2 N–H and O–H groups in total. The number of amides is 1. The van der Waals surface area contributed by atoms with Gasteiger partial charge < -0.3 is 20.3 Å². The Hall–Kier alpha value is -1.06. The molecule has 1 aromatic rings. The van der Waals surface area contributed by atoms with Gasteiger partial charge in [0, 0.05) is 32.3 Å². The van der Waals surface area contributed by atoms with Gasteiger partial charge in [0.15, 0.2) is 5.96 Å². The van der Waals surface area contributed by atoms with E-state index < -0.39 is 0 Å². The number of ether oxygens (including phenoxy) is 1. The van der Waals surface area contributed by atoms with Crippen molar-refractivity contribution in [2.75, 3.05) is 33.8 Å². The van der Waals surface area contributed by atoms with E-state index in [4.69, 9.17) is 16.3 Å². The van der Waals surface area contributed by atoms with Crippen molar-refractivity contribution in [2.24, 2.45) is 4.99 Å². The Labute approximate surface area is 184 Å². The molecule has 0 radical (unpaired) electrons. The summed E-state index contributed by atoms with van der Waals surface area (Å²) < 4.78 is 5.76. The molecule has 8 heteroatoms. The van der Waals surface area contributed by atoms with E-state index in [2.05, 4.69) is 15.6 Å². The molecule has 0 bridgehead atoms. The monoisotopic (exact) mass is 508 g/mol.